The molecule has 5 heteroatoms. The average Bonchev–Trinajstić information content (AvgIpc) is 2.36. The first-order valence-electron chi connectivity index (χ1n) is 5.85. The van der Waals surface area contributed by atoms with Gasteiger partial charge in [-0.1, -0.05) is 12.1 Å². The minimum Gasteiger partial charge on any atom is -0.497 e. The van der Waals surface area contributed by atoms with Crippen LogP contribution in [0.25, 0.3) is 0 Å². The Morgan fingerprint density at radius 3 is 2.33 bits per heavy atom. The molecule has 1 aromatic rings. The number of hydrogen-bond acceptors (Lipinski definition) is 4. The monoisotopic (exact) mass is 248 g/mol. The van der Waals surface area contributed by atoms with Crippen LogP contribution in [-0.4, -0.2) is 43.5 Å². The lowest BCUT2D eigenvalue weighted by atomic mass is 10.1. The van der Waals surface area contributed by atoms with Gasteiger partial charge in [-0.05, 0) is 24.1 Å². The highest BCUT2D eigenvalue weighted by Gasteiger charge is 2.21. The zero-order valence-corrected chi connectivity index (χ0v) is 10.3. The van der Waals surface area contributed by atoms with E-state index in [9.17, 15) is 9.59 Å². The van der Waals surface area contributed by atoms with Crippen LogP contribution in [0.2, 0.25) is 0 Å². The van der Waals surface area contributed by atoms with E-state index in [1.807, 2.05) is 29.2 Å². The number of carbonyl (C=O) groups excluding carboxylic acids is 2. The Labute approximate surface area is 106 Å². The maximum atomic E-state index is 11.2. The van der Waals surface area contributed by atoms with Crippen molar-refractivity contribution in [3.63, 3.8) is 0 Å². The third kappa shape index (κ3) is 3.30. The van der Waals surface area contributed by atoms with E-state index in [1.54, 1.807) is 7.11 Å². The van der Waals surface area contributed by atoms with Gasteiger partial charge in [0.05, 0.1) is 20.2 Å². The predicted molar refractivity (Wildman–Crippen MR) is 66.3 cm³/mol. The number of amides is 2. The third-order valence-corrected chi connectivity index (χ3v) is 2.89. The standard InChI is InChI=1S/C13H16N2O3/c1-18-11-4-2-10(3-5-11)6-7-15-8-12(16)14-13(17)9-15/h2-5H,6-9H2,1H3,(H,14,16,17). The lowest BCUT2D eigenvalue weighted by Crippen LogP contribution is -2.51. The van der Waals surface area contributed by atoms with Gasteiger partial charge in [-0.25, -0.2) is 0 Å². The van der Waals surface area contributed by atoms with Crippen LogP contribution in [0.15, 0.2) is 24.3 Å². The summed E-state index contributed by atoms with van der Waals surface area (Å²) in [4.78, 5) is 24.2. The maximum Gasteiger partial charge on any atom is 0.240 e. The van der Waals surface area contributed by atoms with E-state index >= 15 is 0 Å². The van der Waals surface area contributed by atoms with Crippen molar-refractivity contribution < 1.29 is 14.3 Å². The minimum absolute atomic E-state index is 0.221. The number of methoxy groups -OCH3 is 1. The largest absolute Gasteiger partial charge is 0.497 e. The molecule has 0 bridgehead atoms. The van der Waals surface area contributed by atoms with Crippen molar-refractivity contribution in [2.75, 3.05) is 26.7 Å². The van der Waals surface area contributed by atoms with Crippen LogP contribution in [0.3, 0.4) is 0 Å². The number of imide groups is 1. The SMILES string of the molecule is COc1ccc(CCN2CC(=O)NC(=O)C2)cc1. The van der Waals surface area contributed by atoms with Crippen molar-refractivity contribution >= 4 is 11.8 Å². The van der Waals surface area contributed by atoms with Crippen LogP contribution in [0.5, 0.6) is 5.75 Å². The summed E-state index contributed by atoms with van der Waals surface area (Å²) in [6.07, 6.45) is 0.810. The van der Waals surface area contributed by atoms with E-state index < -0.39 is 0 Å². The molecule has 1 aliphatic rings. The van der Waals surface area contributed by atoms with Crippen molar-refractivity contribution in [1.82, 2.24) is 10.2 Å². The lowest BCUT2D eigenvalue weighted by molar-refractivity contribution is -0.135. The zero-order chi connectivity index (χ0) is 13.0. The molecule has 5 nitrogen and oxygen atoms in total. The number of piperazine rings is 1. The highest BCUT2D eigenvalue weighted by molar-refractivity contribution is 5.99. The van der Waals surface area contributed by atoms with Crippen LogP contribution in [0.1, 0.15) is 5.56 Å². The highest BCUT2D eigenvalue weighted by atomic mass is 16.5. The second-order valence-electron chi connectivity index (χ2n) is 4.28. The van der Waals surface area contributed by atoms with Gasteiger partial charge in [-0.2, -0.15) is 0 Å². The van der Waals surface area contributed by atoms with Gasteiger partial charge < -0.3 is 4.74 Å². The zero-order valence-electron chi connectivity index (χ0n) is 10.3. The number of ether oxygens (including phenoxy) is 1. The molecule has 18 heavy (non-hydrogen) atoms. The summed E-state index contributed by atoms with van der Waals surface area (Å²) in [6, 6.07) is 7.79. The van der Waals surface area contributed by atoms with Crippen LogP contribution in [0.4, 0.5) is 0 Å². The summed E-state index contributed by atoms with van der Waals surface area (Å²) in [7, 11) is 1.63. The van der Waals surface area contributed by atoms with E-state index in [4.69, 9.17) is 4.74 Å². The number of carbonyl (C=O) groups is 2. The maximum absolute atomic E-state index is 11.2. The molecule has 0 atom stereocenters. The minimum atomic E-state index is -0.221. The Kier molecular flexibility index (Phi) is 3.94. The van der Waals surface area contributed by atoms with Crippen molar-refractivity contribution in [2.24, 2.45) is 0 Å². The molecule has 0 saturated carbocycles. The fourth-order valence-electron chi connectivity index (χ4n) is 1.93. The molecule has 1 N–H and O–H groups in total. The van der Waals surface area contributed by atoms with Gasteiger partial charge >= 0.3 is 0 Å². The Morgan fingerprint density at radius 2 is 1.78 bits per heavy atom. The van der Waals surface area contributed by atoms with E-state index in [-0.39, 0.29) is 11.8 Å². The quantitative estimate of drug-likeness (QED) is 0.773. The van der Waals surface area contributed by atoms with Gasteiger partial charge in [0.2, 0.25) is 11.8 Å². The molecule has 1 saturated heterocycles. The summed E-state index contributed by atoms with van der Waals surface area (Å²) in [6.45, 7) is 1.29. The van der Waals surface area contributed by atoms with Crippen LogP contribution < -0.4 is 10.1 Å². The smallest absolute Gasteiger partial charge is 0.240 e. The molecule has 96 valence electrons. The summed E-state index contributed by atoms with van der Waals surface area (Å²) in [5.41, 5.74) is 1.16. The first-order chi connectivity index (χ1) is 8.67. The molecule has 0 unspecified atom stereocenters. The van der Waals surface area contributed by atoms with Crippen LogP contribution in [-0.2, 0) is 16.0 Å². The average molecular weight is 248 g/mol. The van der Waals surface area contributed by atoms with Gasteiger partial charge in [0.15, 0.2) is 0 Å². The molecule has 1 heterocycles. The van der Waals surface area contributed by atoms with Gasteiger partial charge in [-0.3, -0.25) is 19.8 Å². The molecule has 1 aromatic carbocycles. The lowest BCUT2D eigenvalue weighted by Gasteiger charge is -2.25. The Morgan fingerprint density at radius 1 is 1.17 bits per heavy atom. The van der Waals surface area contributed by atoms with Crippen molar-refractivity contribution in [1.29, 1.82) is 0 Å². The Hall–Kier alpha value is -1.88. The Balaban J connectivity index is 1.86. The molecule has 0 spiro atoms. The van der Waals surface area contributed by atoms with E-state index in [2.05, 4.69) is 5.32 Å². The first-order valence-corrected chi connectivity index (χ1v) is 5.85. The van der Waals surface area contributed by atoms with Crippen LogP contribution >= 0.6 is 0 Å². The first kappa shape index (κ1) is 12.6. The summed E-state index contributed by atoms with van der Waals surface area (Å²) in [5, 5.41) is 2.29. The van der Waals surface area contributed by atoms with Gasteiger partial charge in [0.1, 0.15) is 5.75 Å². The van der Waals surface area contributed by atoms with Crippen molar-refractivity contribution in [2.45, 2.75) is 6.42 Å². The molecular formula is C13H16N2O3. The number of nitrogens with one attached hydrogen (secondary N) is 1. The summed E-state index contributed by atoms with van der Waals surface area (Å²) >= 11 is 0. The molecule has 2 rings (SSSR count). The normalized spacial score (nSPS) is 16.5. The molecule has 1 aliphatic heterocycles. The molecule has 0 aliphatic carbocycles. The van der Waals surface area contributed by atoms with Crippen molar-refractivity contribution in [3.05, 3.63) is 29.8 Å². The molecular weight excluding hydrogens is 232 g/mol. The van der Waals surface area contributed by atoms with E-state index in [1.165, 1.54) is 0 Å². The van der Waals surface area contributed by atoms with E-state index in [0.717, 1.165) is 17.7 Å². The van der Waals surface area contributed by atoms with Gasteiger partial charge in [0.25, 0.3) is 0 Å². The molecule has 0 aromatic heterocycles. The Bertz CT molecular complexity index is 426. The molecule has 2 amide bonds. The number of rotatable bonds is 4. The topological polar surface area (TPSA) is 58.6 Å². The number of nitrogens with zero attached hydrogens (tertiary/aromatic N) is 1. The second kappa shape index (κ2) is 5.64. The van der Waals surface area contributed by atoms with Crippen LogP contribution in [0, 0.1) is 0 Å². The number of hydrogen-bond donors (Lipinski definition) is 1. The van der Waals surface area contributed by atoms with Gasteiger partial charge in [-0.15, -0.1) is 0 Å². The predicted octanol–water partition coefficient (Wildman–Crippen LogP) is 0.196. The number of benzene rings is 1. The third-order valence-electron chi connectivity index (χ3n) is 2.89. The fraction of sp³-hybridized carbons (Fsp3) is 0.385. The fourth-order valence-corrected chi connectivity index (χ4v) is 1.93. The molecule has 0 radical (unpaired) electrons. The summed E-state index contributed by atoms with van der Waals surface area (Å²) in [5.74, 6) is 0.383. The van der Waals surface area contributed by atoms with E-state index in [0.29, 0.717) is 19.6 Å². The van der Waals surface area contributed by atoms with Gasteiger partial charge in [0, 0.05) is 6.54 Å². The summed E-state index contributed by atoms with van der Waals surface area (Å²) < 4.78 is 5.08. The second-order valence-corrected chi connectivity index (χ2v) is 4.28. The van der Waals surface area contributed by atoms with Crippen molar-refractivity contribution in [3.8, 4) is 5.75 Å². The molecule has 1 fully saturated rings. The highest BCUT2D eigenvalue weighted by Crippen LogP contribution is 2.12.